The molecule has 0 saturated carbocycles. The van der Waals surface area contributed by atoms with Crippen LogP contribution >= 0.6 is 0 Å². The minimum atomic E-state index is -0.557. The van der Waals surface area contributed by atoms with Crippen molar-refractivity contribution in [2.75, 3.05) is 27.4 Å². The molecule has 2 N–H and O–H groups in total. The second-order valence-corrected chi connectivity index (χ2v) is 3.37. The molecule has 0 aromatic heterocycles. The van der Waals surface area contributed by atoms with Crippen LogP contribution in [-0.2, 0) is 9.47 Å². The fraction of sp³-hybridized carbons (Fsp3) is 0.333. The summed E-state index contributed by atoms with van der Waals surface area (Å²) in [6, 6.07) is 4.34. The lowest BCUT2D eigenvalue weighted by Gasteiger charge is -2.08. The maximum atomic E-state index is 11.4. The number of rotatable bonds is 5. The third-order valence-corrected chi connectivity index (χ3v) is 2.14. The van der Waals surface area contributed by atoms with Crippen LogP contribution in [0.4, 0.5) is 0 Å². The monoisotopic (exact) mass is 253 g/mol. The molecular formula is C12H15NO5. The Balaban J connectivity index is 3.11. The summed E-state index contributed by atoms with van der Waals surface area (Å²) in [7, 11) is 2.52. The zero-order valence-electron chi connectivity index (χ0n) is 10.3. The third-order valence-electron chi connectivity index (χ3n) is 2.14. The summed E-state index contributed by atoms with van der Waals surface area (Å²) in [5.74, 6) is -0.750. The molecule has 0 aliphatic rings. The van der Waals surface area contributed by atoms with E-state index in [1.54, 1.807) is 0 Å². The number of esters is 2. The molecule has 0 saturated heterocycles. The van der Waals surface area contributed by atoms with Crippen molar-refractivity contribution in [2.24, 2.45) is 5.73 Å². The van der Waals surface area contributed by atoms with Gasteiger partial charge < -0.3 is 19.9 Å². The largest absolute Gasteiger partial charge is 0.492 e. The van der Waals surface area contributed by atoms with E-state index in [1.807, 2.05) is 0 Å². The Kier molecular flexibility index (Phi) is 5.13. The van der Waals surface area contributed by atoms with E-state index in [4.69, 9.17) is 10.5 Å². The van der Waals surface area contributed by atoms with E-state index in [9.17, 15) is 9.59 Å². The average molecular weight is 253 g/mol. The first kappa shape index (κ1) is 14.0. The van der Waals surface area contributed by atoms with Gasteiger partial charge in [0, 0.05) is 6.54 Å². The highest BCUT2D eigenvalue weighted by Crippen LogP contribution is 2.18. The van der Waals surface area contributed by atoms with E-state index in [-0.39, 0.29) is 17.7 Å². The topological polar surface area (TPSA) is 87.9 Å². The van der Waals surface area contributed by atoms with E-state index >= 15 is 0 Å². The van der Waals surface area contributed by atoms with Crippen molar-refractivity contribution in [3.05, 3.63) is 29.3 Å². The van der Waals surface area contributed by atoms with E-state index < -0.39 is 11.9 Å². The molecule has 0 atom stereocenters. The number of hydrogen-bond acceptors (Lipinski definition) is 6. The number of methoxy groups -OCH3 is 2. The van der Waals surface area contributed by atoms with Gasteiger partial charge in [0.05, 0.1) is 25.3 Å². The van der Waals surface area contributed by atoms with Gasteiger partial charge in [-0.2, -0.15) is 0 Å². The molecule has 0 unspecified atom stereocenters. The van der Waals surface area contributed by atoms with Crippen LogP contribution in [-0.4, -0.2) is 39.3 Å². The highest BCUT2D eigenvalue weighted by Gasteiger charge is 2.14. The van der Waals surface area contributed by atoms with E-state index in [1.165, 1.54) is 32.4 Å². The molecule has 0 bridgehead atoms. The fourth-order valence-corrected chi connectivity index (χ4v) is 1.33. The average Bonchev–Trinajstić information content (AvgIpc) is 2.42. The minimum absolute atomic E-state index is 0.215. The molecule has 0 heterocycles. The molecule has 0 aliphatic heterocycles. The Bertz CT molecular complexity index is 410. The van der Waals surface area contributed by atoms with Gasteiger partial charge in [-0.3, -0.25) is 0 Å². The van der Waals surface area contributed by atoms with Gasteiger partial charge in [-0.1, -0.05) is 0 Å². The summed E-state index contributed by atoms with van der Waals surface area (Å²) in [6.07, 6.45) is 0. The zero-order valence-corrected chi connectivity index (χ0v) is 10.3. The van der Waals surface area contributed by atoms with Crippen molar-refractivity contribution in [1.82, 2.24) is 0 Å². The van der Waals surface area contributed by atoms with Crippen molar-refractivity contribution in [2.45, 2.75) is 0 Å². The minimum Gasteiger partial charge on any atom is -0.492 e. The highest BCUT2D eigenvalue weighted by molar-refractivity contribution is 5.96. The first-order chi connectivity index (χ1) is 8.62. The number of nitrogens with two attached hydrogens (primary N) is 1. The standard InChI is InChI=1S/C12H15NO5/c1-16-11(14)8-5-9(12(15)17-2)7-10(6-8)18-4-3-13/h5-7H,3-4,13H2,1-2H3. The van der Waals surface area contributed by atoms with Gasteiger partial charge in [0.25, 0.3) is 0 Å². The molecular weight excluding hydrogens is 238 g/mol. The summed E-state index contributed by atoms with van der Waals surface area (Å²) < 4.78 is 14.5. The molecule has 6 heteroatoms. The lowest BCUT2D eigenvalue weighted by atomic mass is 10.1. The molecule has 0 fully saturated rings. The smallest absolute Gasteiger partial charge is 0.338 e. The first-order valence-corrected chi connectivity index (χ1v) is 5.27. The van der Waals surface area contributed by atoms with Crippen molar-refractivity contribution in [3.8, 4) is 5.75 Å². The van der Waals surface area contributed by atoms with Crippen LogP contribution in [0.15, 0.2) is 18.2 Å². The fourth-order valence-electron chi connectivity index (χ4n) is 1.33. The quantitative estimate of drug-likeness (QED) is 0.773. The van der Waals surface area contributed by atoms with Crippen molar-refractivity contribution in [1.29, 1.82) is 0 Å². The normalized spacial score (nSPS) is 9.72. The number of carbonyl (C=O) groups excluding carboxylic acids is 2. The van der Waals surface area contributed by atoms with Gasteiger partial charge in [-0.15, -0.1) is 0 Å². The predicted molar refractivity (Wildman–Crippen MR) is 63.7 cm³/mol. The maximum Gasteiger partial charge on any atom is 0.338 e. The van der Waals surface area contributed by atoms with Crippen LogP contribution in [0.3, 0.4) is 0 Å². The van der Waals surface area contributed by atoms with Crippen LogP contribution in [0.2, 0.25) is 0 Å². The van der Waals surface area contributed by atoms with Crippen molar-refractivity contribution in [3.63, 3.8) is 0 Å². The number of carbonyl (C=O) groups is 2. The van der Waals surface area contributed by atoms with E-state index in [0.717, 1.165) is 0 Å². The lowest BCUT2D eigenvalue weighted by molar-refractivity contribution is 0.0598. The molecule has 18 heavy (non-hydrogen) atoms. The molecule has 0 radical (unpaired) electrons. The molecule has 1 aromatic carbocycles. The SMILES string of the molecule is COC(=O)c1cc(OCCN)cc(C(=O)OC)c1. The van der Waals surface area contributed by atoms with Gasteiger partial charge in [0.2, 0.25) is 0 Å². The van der Waals surface area contributed by atoms with E-state index in [0.29, 0.717) is 12.3 Å². The molecule has 1 aromatic rings. The number of benzene rings is 1. The summed E-state index contributed by atoms with van der Waals surface area (Å²) in [4.78, 5) is 22.9. The predicted octanol–water partition coefficient (Wildman–Crippen LogP) is 0.597. The Morgan fingerprint density at radius 1 is 1.06 bits per heavy atom. The molecule has 1 rings (SSSR count). The molecule has 98 valence electrons. The van der Waals surface area contributed by atoms with Crippen LogP contribution in [0.1, 0.15) is 20.7 Å². The second-order valence-electron chi connectivity index (χ2n) is 3.37. The Morgan fingerprint density at radius 2 is 1.56 bits per heavy atom. The molecule has 0 aliphatic carbocycles. The van der Waals surface area contributed by atoms with Crippen molar-refractivity contribution < 1.29 is 23.8 Å². The molecule has 0 spiro atoms. The van der Waals surface area contributed by atoms with Crippen LogP contribution in [0.5, 0.6) is 5.75 Å². The lowest BCUT2D eigenvalue weighted by Crippen LogP contribution is -2.12. The number of ether oxygens (including phenoxy) is 3. The first-order valence-electron chi connectivity index (χ1n) is 5.27. The van der Waals surface area contributed by atoms with Gasteiger partial charge in [0.15, 0.2) is 0 Å². The Labute approximate surface area is 105 Å². The maximum absolute atomic E-state index is 11.4. The van der Waals surface area contributed by atoms with Gasteiger partial charge in [0.1, 0.15) is 12.4 Å². The van der Waals surface area contributed by atoms with Crippen LogP contribution < -0.4 is 10.5 Å². The molecule has 6 nitrogen and oxygen atoms in total. The van der Waals surface area contributed by atoms with Gasteiger partial charge in [-0.25, -0.2) is 9.59 Å². The van der Waals surface area contributed by atoms with Crippen molar-refractivity contribution >= 4 is 11.9 Å². The summed E-state index contributed by atoms with van der Waals surface area (Å²) in [5.41, 5.74) is 5.75. The summed E-state index contributed by atoms with van der Waals surface area (Å²) >= 11 is 0. The molecule has 0 amide bonds. The second kappa shape index (κ2) is 6.61. The third kappa shape index (κ3) is 3.46. The van der Waals surface area contributed by atoms with Gasteiger partial charge in [-0.05, 0) is 18.2 Å². The highest BCUT2D eigenvalue weighted by atomic mass is 16.5. The Hall–Kier alpha value is -2.08. The number of hydrogen-bond donors (Lipinski definition) is 1. The van der Waals surface area contributed by atoms with E-state index in [2.05, 4.69) is 9.47 Å². The van der Waals surface area contributed by atoms with Gasteiger partial charge >= 0.3 is 11.9 Å². The Morgan fingerprint density at radius 3 is 1.94 bits per heavy atom. The van der Waals surface area contributed by atoms with Crippen LogP contribution in [0, 0.1) is 0 Å². The summed E-state index contributed by atoms with van der Waals surface area (Å²) in [6.45, 7) is 0.612. The summed E-state index contributed by atoms with van der Waals surface area (Å²) in [5, 5.41) is 0. The van der Waals surface area contributed by atoms with Crippen LogP contribution in [0.25, 0.3) is 0 Å². The zero-order chi connectivity index (χ0) is 13.5.